The lowest BCUT2D eigenvalue weighted by Crippen LogP contribution is -2.49. The first-order valence-electron chi connectivity index (χ1n) is 9.66. The molecule has 1 aromatic carbocycles. The molecule has 0 spiro atoms. The number of hydrogen-bond acceptors (Lipinski definition) is 6. The van der Waals surface area contributed by atoms with Crippen LogP contribution in [-0.2, 0) is 0 Å². The van der Waals surface area contributed by atoms with E-state index in [1.807, 2.05) is 52.9 Å². The summed E-state index contributed by atoms with van der Waals surface area (Å²) in [5.41, 5.74) is 1.91. The number of aryl methyl sites for hydroxylation is 1. The fourth-order valence-corrected chi connectivity index (χ4v) is 5.04. The van der Waals surface area contributed by atoms with Crippen molar-refractivity contribution in [3.05, 3.63) is 63.8 Å². The van der Waals surface area contributed by atoms with Gasteiger partial charge < -0.3 is 9.80 Å². The summed E-state index contributed by atoms with van der Waals surface area (Å²) in [4.78, 5) is 27.6. The first kappa shape index (κ1) is 19.2. The number of nitrogens with zero attached hydrogens (tertiary/aromatic N) is 6. The maximum atomic E-state index is 13.2. The highest BCUT2D eigenvalue weighted by Gasteiger charge is 2.26. The Bertz CT molecular complexity index is 1200. The number of carbonyl (C=O) groups excluding carboxylic acids is 1. The summed E-state index contributed by atoms with van der Waals surface area (Å²) in [7, 11) is 0. The molecule has 9 heteroatoms. The molecule has 0 saturated carbocycles. The Morgan fingerprint density at radius 1 is 1.07 bits per heavy atom. The van der Waals surface area contributed by atoms with Crippen molar-refractivity contribution in [2.24, 2.45) is 0 Å². The second-order valence-electron chi connectivity index (χ2n) is 7.13. The molecular weight excluding hydrogens is 464 g/mol. The summed E-state index contributed by atoms with van der Waals surface area (Å²) in [6, 6.07) is 11.8. The monoisotopic (exact) mass is 482 g/mol. The standard InChI is InChI=1S/C21H19BrN6OS/c1-14-17-13-18(30-20(17)28(25-14)16-5-3-15(22)4-6-16)19(29)26-9-11-27(12-10-26)21-23-7-2-8-24-21/h2-8,13H,9-12H2,1H3. The summed E-state index contributed by atoms with van der Waals surface area (Å²) in [6.45, 7) is 4.75. The number of aromatic nitrogens is 4. The molecule has 4 heterocycles. The Kier molecular flexibility index (Phi) is 5.00. The van der Waals surface area contributed by atoms with E-state index in [0.717, 1.165) is 50.0 Å². The quantitative estimate of drug-likeness (QED) is 0.442. The Labute approximate surface area is 186 Å². The van der Waals surface area contributed by atoms with Gasteiger partial charge in [-0.15, -0.1) is 11.3 Å². The molecule has 1 fully saturated rings. The fourth-order valence-electron chi connectivity index (χ4n) is 3.63. The summed E-state index contributed by atoms with van der Waals surface area (Å²) in [5.74, 6) is 0.795. The van der Waals surface area contributed by atoms with Crippen molar-refractivity contribution in [1.82, 2.24) is 24.6 Å². The first-order chi connectivity index (χ1) is 14.6. The lowest BCUT2D eigenvalue weighted by atomic mass is 10.2. The average molecular weight is 483 g/mol. The van der Waals surface area contributed by atoms with Gasteiger partial charge in [-0.05, 0) is 43.3 Å². The van der Waals surface area contributed by atoms with E-state index in [4.69, 9.17) is 0 Å². The number of fused-ring (bicyclic) bond motifs is 1. The molecule has 5 rings (SSSR count). The highest BCUT2D eigenvalue weighted by Crippen LogP contribution is 2.31. The van der Waals surface area contributed by atoms with E-state index in [1.54, 1.807) is 12.4 Å². The van der Waals surface area contributed by atoms with Crippen LogP contribution >= 0.6 is 27.3 Å². The molecule has 0 aliphatic carbocycles. The number of halogens is 1. The number of anilines is 1. The molecule has 3 aromatic heterocycles. The summed E-state index contributed by atoms with van der Waals surface area (Å²) < 4.78 is 2.94. The number of piperazine rings is 1. The second kappa shape index (κ2) is 7.81. The Morgan fingerprint density at radius 2 is 1.77 bits per heavy atom. The lowest BCUT2D eigenvalue weighted by molar-refractivity contribution is 0.0751. The highest BCUT2D eigenvalue weighted by atomic mass is 79.9. The normalized spacial score (nSPS) is 14.5. The molecule has 0 radical (unpaired) electrons. The van der Waals surface area contributed by atoms with Gasteiger partial charge in [-0.2, -0.15) is 5.10 Å². The van der Waals surface area contributed by atoms with Crippen LogP contribution in [-0.4, -0.2) is 56.7 Å². The van der Waals surface area contributed by atoms with Crippen LogP contribution in [0.3, 0.4) is 0 Å². The molecule has 30 heavy (non-hydrogen) atoms. The summed E-state index contributed by atoms with van der Waals surface area (Å²) in [5, 5.41) is 5.70. The molecule has 0 bridgehead atoms. The molecule has 1 saturated heterocycles. The van der Waals surface area contributed by atoms with Gasteiger partial charge in [0.1, 0.15) is 4.83 Å². The van der Waals surface area contributed by atoms with Gasteiger partial charge in [0.05, 0.1) is 16.3 Å². The first-order valence-corrected chi connectivity index (χ1v) is 11.3. The van der Waals surface area contributed by atoms with Crippen LogP contribution in [0.5, 0.6) is 0 Å². The van der Waals surface area contributed by atoms with Crippen molar-refractivity contribution in [3.63, 3.8) is 0 Å². The summed E-state index contributed by atoms with van der Waals surface area (Å²) >= 11 is 4.97. The zero-order valence-corrected chi connectivity index (χ0v) is 18.7. The molecule has 152 valence electrons. The van der Waals surface area contributed by atoms with Gasteiger partial charge in [0, 0.05) is 48.4 Å². The van der Waals surface area contributed by atoms with Gasteiger partial charge in [0.2, 0.25) is 5.95 Å². The van der Waals surface area contributed by atoms with Crippen molar-refractivity contribution in [3.8, 4) is 5.69 Å². The molecule has 1 amide bonds. The van der Waals surface area contributed by atoms with Gasteiger partial charge in [0.15, 0.2) is 0 Å². The highest BCUT2D eigenvalue weighted by molar-refractivity contribution is 9.10. The number of carbonyl (C=O) groups is 1. The van der Waals surface area contributed by atoms with Crippen molar-refractivity contribution in [2.75, 3.05) is 31.1 Å². The topological polar surface area (TPSA) is 67.2 Å². The lowest BCUT2D eigenvalue weighted by Gasteiger charge is -2.34. The van der Waals surface area contributed by atoms with E-state index >= 15 is 0 Å². The fraction of sp³-hybridized carbons (Fsp3) is 0.238. The third kappa shape index (κ3) is 3.48. The molecular formula is C21H19BrN6OS. The van der Waals surface area contributed by atoms with E-state index in [9.17, 15) is 4.79 Å². The maximum Gasteiger partial charge on any atom is 0.264 e. The van der Waals surface area contributed by atoms with Crippen molar-refractivity contribution >= 4 is 49.3 Å². The van der Waals surface area contributed by atoms with Gasteiger partial charge >= 0.3 is 0 Å². The third-order valence-corrected chi connectivity index (χ3v) is 6.86. The maximum absolute atomic E-state index is 13.2. The smallest absolute Gasteiger partial charge is 0.264 e. The number of benzene rings is 1. The predicted octanol–water partition coefficient (Wildman–Crippen LogP) is 3.91. The zero-order valence-electron chi connectivity index (χ0n) is 16.3. The van der Waals surface area contributed by atoms with Crippen molar-refractivity contribution in [2.45, 2.75) is 6.92 Å². The largest absolute Gasteiger partial charge is 0.337 e. The van der Waals surface area contributed by atoms with Gasteiger partial charge in [-0.25, -0.2) is 14.6 Å². The second-order valence-corrected chi connectivity index (χ2v) is 9.08. The van der Waals surface area contributed by atoms with Crippen LogP contribution in [0.25, 0.3) is 15.9 Å². The molecule has 0 atom stereocenters. The van der Waals surface area contributed by atoms with E-state index in [1.165, 1.54) is 11.3 Å². The molecule has 0 N–H and O–H groups in total. The number of hydrogen-bond donors (Lipinski definition) is 0. The molecule has 1 aliphatic heterocycles. The minimum absolute atomic E-state index is 0.0755. The Morgan fingerprint density at radius 3 is 2.47 bits per heavy atom. The molecule has 7 nitrogen and oxygen atoms in total. The number of rotatable bonds is 3. The third-order valence-electron chi connectivity index (χ3n) is 5.23. The van der Waals surface area contributed by atoms with E-state index < -0.39 is 0 Å². The van der Waals surface area contributed by atoms with Crippen molar-refractivity contribution in [1.29, 1.82) is 0 Å². The minimum atomic E-state index is 0.0755. The van der Waals surface area contributed by atoms with Crippen LogP contribution in [0.1, 0.15) is 15.4 Å². The van der Waals surface area contributed by atoms with Gasteiger partial charge in [-0.1, -0.05) is 15.9 Å². The van der Waals surface area contributed by atoms with Crippen LogP contribution in [0.4, 0.5) is 5.95 Å². The summed E-state index contributed by atoms with van der Waals surface area (Å²) in [6.07, 6.45) is 3.49. The average Bonchev–Trinajstić information content (AvgIpc) is 3.35. The minimum Gasteiger partial charge on any atom is -0.337 e. The predicted molar refractivity (Wildman–Crippen MR) is 122 cm³/mol. The van der Waals surface area contributed by atoms with Crippen LogP contribution < -0.4 is 4.90 Å². The molecule has 1 aliphatic rings. The van der Waals surface area contributed by atoms with Crippen molar-refractivity contribution < 1.29 is 4.79 Å². The SMILES string of the molecule is Cc1nn(-c2ccc(Br)cc2)c2sc(C(=O)N3CCN(c4ncccn4)CC3)cc12. The van der Waals surface area contributed by atoms with E-state index in [-0.39, 0.29) is 5.91 Å². The van der Waals surface area contributed by atoms with E-state index in [0.29, 0.717) is 13.1 Å². The number of amides is 1. The van der Waals surface area contributed by atoms with E-state index in [2.05, 4.69) is 35.9 Å². The molecule has 0 unspecified atom stereocenters. The van der Waals surface area contributed by atoms with Crippen LogP contribution in [0, 0.1) is 6.92 Å². The Balaban J connectivity index is 1.37. The van der Waals surface area contributed by atoms with Gasteiger partial charge in [0.25, 0.3) is 5.91 Å². The van der Waals surface area contributed by atoms with Gasteiger partial charge in [-0.3, -0.25) is 4.79 Å². The number of thiophene rings is 1. The Hall–Kier alpha value is -2.78. The molecule has 4 aromatic rings. The van der Waals surface area contributed by atoms with Crippen LogP contribution in [0.2, 0.25) is 0 Å². The zero-order chi connectivity index (χ0) is 20.7. The van der Waals surface area contributed by atoms with Crippen LogP contribution in [0.15, 0.2) is 53.3 Å².